The molecule has 1 aliphatic rings. The number of non-ortho nitro benzene ring substituents is 1. The Morgan fingerprint density at radius 2 is 1.71 bits per heavy atom. The molecule has 8 nitrogen and oxygen atoms in total. The van der Waals surface area contributed by atoms with Gasteiger partial charge >= 0.3 is 0 Å². The van der Waals surface area contributed by atoms with Gasteiger partial charge in [0.25, 0.3) is 17.4 Å². The smallest absolute Gasteiger partial charge is 0.295 e. The first-order valence-electron chi connectivity index (χ1n) is 8.24. The van der Waals surface area contributed by atoms with Crippen LogP contribution in [0.5, 0.6) is 0 Å². The number of carbonyl (C=O) groups excluding carboxylic acids is 2. The summed E-state index contributed by atoms with van der Waals surface area (Å²) in [4.78, 5) is 36.5. The minimum Gasteiger partial charge on any atom is -0.507 e. The van der Waals surface area contributed by atoms with Crippen LogP contribution < -0.4 is 0 Å². The maximum atomic E-state index is 12.6. The van der Waals surface area contributed by atoms with E-state index in [4.69, 9.17) is 11.6 Å². The Bertz CT molecular complexity index is 969. The summed E-state index contributed by atoms with van der Waals surface area (Å²) >= 11 is 5.85. The van der Waals surface area contributed by atoms with Crippen LogP contribution in [0.2, 0.25) is 5.02 Å². The van der Waals surface area contributed by atoms with Crippen molar-refractivity contribution in [3.8, 4) is 0 Å². The van der Waals surface area contributed by atoms with Crippen molar-refractivity contribution in [2.45, 2.75) is 6.04 Å². The molecule has 1 unspecified atom stereocenters. The number of hydrogen-bond donors (Lipinski definition) is 2. The molecule has 2 aromatic carbocycles. The number of aliphatic hydroxyl groups excluding tert-OH is 2. The number of Topliss-reactive ketones (excluding diaryl/α,β-unsaturated/α-hetero) is 1. The van der Waals surface area contributed by atoms with Gasteiger partial charge in [-0.3, -0.25) is 19.7 Å². The van der Waals surface area contributed by atoms with Crippen LogP contribution in [-0.2, 0) is 9.59 Å². The second kappa shape index (κ2) is 7.79. The number of nitro benzene ring substituents is 1. The summed E-state index contributed by atoms with van der Waals surface area (Å²) in [6.07, 6.45) is 0. The van der Waals surface area contributed by atoms with E-state index in [1.807, 2.05) is 0 Å². The van der Waals surface area contributed by atoms with Crippen LogP contribution in [0.1, 0.15) is 17.2 Å². The lowest BCUT2D eigenvalue weighted by atomic mass is 9.95. The molecular formula is C19H15ClN2O6. The Morgan fingerprint density at radius 3 is 2.25 bits per heavy atom. The molecule has 1 amide bonds. The Kier molecular flexibility index (Phi) is 5.43. The molecule has 0 radical (unpaired) electrons. The van der Waals surface area contributed by atoms with Gasteiger partial charge in [0.2, 0.25) is 0 Å². The normalized spacial score (nSPS) is 18.5. The van der Waals surface area contributed by atoms with Gasteiger partial charge in [0, 0.05) is 29.3 Å². The average Bonchev–Trinajstić information content (AvgIpc) is 2.93. The molecule has 2 N–H and O–H groups in total. The number of amides is 1. The van der Waals surface area contributed by atoms with Gasteiger partial charge in [0.1, 0.15) is 5.76 Å². The first-order valence-corrected chi connectivity index (χ1v) is 8.62. The van der Waals surface area contributed by atoms with E-state index >= 15 is 0 Å². The lowest BCUT2D eigenvalue weighted by molar-refractivity contribution is -0.384. The largest absolute Gasteiger partial charge is 0.507 e. The fourth-order valence-electron chi connectivity index (χ4n) is 3.11. The van der Waals surface area contributed by atoms with E-state index in [2.05, 4.69) is 0 Å². The summed E-state index contributed by atoms with van der Waals surface area (Å²) in [5.41, 5.74) is 0.377. The molecule has 1 heterocycles. The molecule has 9 heteroatoms. The molecule has 1 aliphatic heterocycles. The topological polar surface area (TPSA) is 121 Å². The first kappa shape index (κ1) is 19.5. The van der Waals surface area contributed by atoms with Crippen LogP contribution in [0.3, 0.4) is 0 Å². The van der Waals surface area contributed by atoms with Crippen molar-refractivity contribution in [2.24, 2.45) is 0 Å². The van der Waals surface area contributed by atoms with Crippen molar-refractivity contribution in [1.82, 2.24) is 4.90 Å². The van der Waals surface area contributed by atoms with Crippen molar-refractivity contribution >= 4 is 34.7 Å². The van der Waals surface area contributed by atoms with Gasteiger partial charge in [0.15, 0.2) is 0 Å². The summed E-state index contributed by atoms with van der Waals surface area (Å²) in [6, 6.07) is 10.4. The second-order valence-electron chi connectivity index (χ2n) is 6.07. The lowest BCUT2D eigenvalue weighted by Crippen LogP contribution is -2.32. The number of rotatable bonds is 5. The van der Waals surface area contributed by atoms with Crippen molar-refractivity contribution in [1.29, 1.82) is 0 Å². The number of benzene rings is 2. The van der Waals surface area contributed by atoms with Crippen LogP contribution in [0.25, 0.3) is 5.76 Å². The zero-order chi connectivity index (χ0) is 20.4. The molecule has 2 aromatic rings. The predicted octanol–water partition coefficient (Wildman–Crippen LogP) is 2.66. The van der Waals surface area contributed by atoms with Crippen LogP contribution in [0.15, 0.2) is 54.1 Å². The molecule has 0 bridgehead atoms. The third-order valence-corrected chi connectivity index (χ3v) is 4.67. The fraction of sp³-hybridized carbons (Fsp3) is 0.158. The average molecular weight is 403 g/mol. The number of aliphatic hydroxyl groups is 2. The molecule has 1 atom stereocenters. The monoisotopic (exact) mass is 402 g/mol. The highest BCUT2D eigenvalue weighted by Crippen LogP contribution is 2.39. The maximum Gasteiger partial charge on any atom is 0.295 e. The number of ketones is 1. The van der Waals surface area contributed by atoms with Crippen LogP contribution in [0.4, 0.5) is 5.69 Å². The van der Waals surface area contributed by atoms with Crippen molar-refractivity contribution in [3.63, 3.8) is 0 Å². The third kappa shape index (κ3) is 3.47. The van der Waals surface area contributed by atoms with E-state index in [1.54, 1.807) is 0 Å². The van der Waals surface area contributed by atoms with E-state index in [1.165, 1.54) is 48.5 Å². The van der Waals surface area contributed by atoms with E-state index in [0.29, 0.717) is 16.1 Å². The molecule has 3 rings (SSSR count). The Balaban J connectivity index is 2.15. The van der Waals surface area contributed by atoms with Crippen LogP contribution >= 0.6 is 11.6 Å². The van der Waals surface area contributed by atoms with Crippen LogP contribution in [0, 0.1) is 10.1 Å². The van der Waals surface area contributed by atoms with E-state index in [0.717, 1.165) is 4.90 Å². The van der Waals surface area contributed by atoms with Gasteiger partial charge in [-0.15, -0.1) is 0 Å². The SMILES string of the molecule is O=C1C(=O)N(CCO)C(c2ccc([N+](=O)[O-])cc2)/C1=C(/O)c1ccc(Cl)cc1. The molecule has 0 aromatic heterocycles. The number of hydrogen-bond acceptors (Lipinski definition) is 6. The zero-order valence-corrected chi connectivity index (χ0v) is 15.2. The molecule has 0 spiro atoms. The van der Waals surface area contributed by atoms with Crippen molar-refractivity contribution in [3.05, 3.63) is 80.4 Å². The number of halogens is 1. The Hall–Kier alpha value is -3.23. The van der Waals surface area contributed by atoms with E-state index in [9.17, 15) is 29.9 Å². The van der Waals surface area contributed by atoms with Gasteiger partial charge in [-0.1, -0.05) is 11.6 Å². The number of carbonyl (C=O) groups is 2. The molecule has 144 valence electrons. The number of β-amino-alcohol motifs (C(OH)–C–C–N with tert-alkyl or cyclic N) is 1. The molecular weight excluding hydrogens is 388 g/mol. The summed E-state index contributed by atoms with van der Waals surface area (Å²) in [5, 5.41) is 31.3. The number of nitro groups is 1. The number of likely N-dealkylation sites (tertiary alicyclic amines) is 1. The van der Waals surface area contributed by atoms with E-state index < -0.39 is 29.3 Å². The minimum absolute atomic E-state index is 0.135. The minimum atomic E-state index is -0.983. The summed E-state index contributed by atoms with van der Waals surface area (Å²) in [5.74, 6) is -2.16. The van der Waals surface area contributed by atoms with Crippen molar-refractivity contribution in [2.75, 3.05) is 13.2 Å². The molecule has 0 aliphatic carbocycles. The van der Waals surface area contributed by atoms with Gasteiger partial charge in [0.05, 0.1) is 23.1 Å². The maximum absolute atomic E-state index is 12.6. The quantitative estimate of drug-likeness (QED) is 0.261. The highest BCUT2D eigenvalue weighted by molar-refractivity contribution is 6.46. The highest BCUT2D eigenvalue weighted by atomic mass is 35.5. The molecule has 28 heavy (non-hydrogen) atoms. The van der Waals surface area contributed by atoms with Gasteiger partial charge in [-0.2, -0.15) is 0 Å². The lowest BCUT2D eigenvalue weighted by Gasteiger charge is -2.24. The standard InChI is InChI=1S/C19H15ClN2O6/c20-13-5-1-12(2-6-13)17(24)15-16(21(9-10-23)19(26)18(15)25)11-3-7-14(8-4-11)22(27)28/h1-8,16,23-24H,9-10H2/b17-15-. The Labute approximate surface area is 164 Å². The summed E-state index contributed by atoms with van der Waals surface area (Å²) < 4.78 is 0. The number of nitrogens with zero attached hydrogens (tertiary/aromatic N) is 2. The third-order valence-electron chi connectivity index (χ3n) is 4.42. The molecule has 1 saturated heterocycles. The fourth-order valence-corrected chi connectivity index (χ4v) is 3.23. The van der Waals surface area contributed by atoms with Gasteiger partial charge in [-0.05, 0) is 42.0 Å². The van der Waals surface area contributed by atoms with Gasteiger partial charge < -0.3 is 15.1 Å². The predicted molar refractivity (Wildman–Crippen MR) is 101 cm³/mol. The summed E-state index contributed by atoms with van der Waals surface area (Å²) in [7, 11) is 0. The van der Waals surface area contributed by atoms with E-state index in [-0.39, 0.29) is 23.6 Å². The summed E-state index contributed by atoms with van der Waals surface area (Å²) in [6.45, 7) is -0.527. The second-order valence-corrected chi connectivity index (χ2v) is 6.51. The zero-order valence-electron chi connectivity index (χ0n) is 14.4. The molecule has 0 saturated carbocycles. The highest BCUT2D eigenvalue weighted by Gasteiger charge is 2.45. The van der Waals surface area contributed by atoms with Crippen molar-refractivity contribution < 1.29 is 24.7 Å². The van der Waals surface area contributed by atoms with Crippen LogP contribution in [-0.4, -0.2) is 44.9 Å². The first-order chi connectivity index (χ1) is 13.3. The van der Waals surface area contributed by atoms with Gasteiger partial charge in [-0.25, -0.2) is 0 Å². The molecule has 1 fully saturated rings. The Morgan fingerprint density at radius 1 is 1.11 bits per heavy atom.